The SMILES string of the molecule is CC(=O)O[C@@H](C(=O)OOC(C)(C)C)[C@@H](OC(C)=O)C(=O)N(CCCl)c1ccc(F)cc1C. The van der Waals surface area contributed by atoms with Crippen LogP contribution in [0.4, 0.5) is 10.1 Å². The minimum Gasteiger partial charge on any atom is -0.448 e. The van der Waals surface area contributed by atoms with Gasteiger partial charge in [0.1, 0.15) is 11.4 Å². The summed E-state index contributed by atoms with van der Waals surface area (Å²) in [5.41, 5.74) is -0.268. The number of benzene rings is 1. The molecule has 2 atom stereocenters. The van der Waals surface area contributed by atoms with E-state index < -0.39 is 47.4 Å². The Kier molecular flexibility index (Phi) is 10.0. The zero-order chi connectivity index (χ0) is 24.6. The topological polar surface area (TPSA) is 108 Å². The van der Waals surface area contributed by atoms with Crippen LogP contribution < -0.4 is 4.90 Å². The molecule has 9 nitrogen and oxygen atoms in total. The van der Waals surface area contributed by atoms with Gasteiger partial charge in [-0.2, -0.15) is 4.89 Å². The third-order valence-corrected chi connectivity index (χ3v) is 3.90. The molecule has 0 fully saturated rings. The molecule has 0 spiro atoms. The molecular weight excluding hydrogens is 449 g/mol. The molecule has 1 rings (SSSR count). The van der Waals surface area contributed by atoms with Crippen LogP contribution in [0.25, 0.3) is 0 Å². The summed E-state index contributed by atoms with van der Waals surface area (Å²) in [4.78, 5) is 60.1. The molecule has 0 bridgehead atoms. The highest BCUT2D eigenvalue weighted by molar-refractivity contribution is 6.18. The van der Waals surface area contributed by atoms with Gasteiger partial charge in [-0.05, 0) is 51.5 Å². The Bertz CT molecular complexity index is 855. The molecule has 0 saturated carbocycles. The number of esters is 2. The maximum atomic E-state index is 13.6. The quantitative estimate of drug-likeness (QED) is 0.232. The van der Waals surface area contributed by atoms with Crippen LogP contribution >= 0.6 is 11.6 Å². The number of amides is 1. The van der Waals surface area contributed by atoms with Gasteiger partial charge in [0.2, 0.25) is 12.2 Å². The molecule has 11 heteroatoms. The van der Waals surface area contributed by atoms with Gasteiger partial charge in [-0.1, -0.05) is 0 Å². The van der Waals surface area contributed by atoms with Crippen molar-refractivity contribution in [2.24, 2.45) is 0 Å². The van der Waals surface area contributed by atoms with Gasteiger partial charge in [-0.15, -0.1) is 11.6 Å². The second kappa shape index (κ2) is 11.8. The van der Waals surface area contributed by atoms with Crippen LogP contribution in [0.1, 0.15) is 40.2 Å². The summed E-state index contributed by atoms with van der Waals surface area (Å²) in [6.45, 7) is 8.27. The summed E-state index contributed by atoms with van der Waals surface area (Å²) in [6, 6.07) is 3.66. The first-order valence-electron chi connectivity index (χ1n) is 9.64. The monoisotopic (exact) mass is 475 g/mol. The van der Waals surface area contributed by atoms with Gasteiger partial charge < -0.3 is 14.4 Å². The van der Waals surface area contributed by atoms with Gasteiger partial charge in [0.05, 0.1) is 0 Å². The number of halogens is 2. The van der Waals surface area contributed by atoms with Gasteiger partial charge in [-0.3, -0.25) is 19.3 Å². The van der Waals surface area contributed by atoms with Crippen molar-refractivity contribution in [3.8, 4) is 0 Å². The smallest absolute Gasteiger partial charge is 0.387 e. The Morgan fingerprint density at radius 3 is 2.09 bits per heavy atom. The average Bonchev–Trinajstić information content (AvgIpc) is 2.66. The average molecular weight is 476 g/mol. The Labute approximate surface area is 190 Å². The number of alkyl halides is 1. The van der Waals surface area contributed by atoms with Gasteiger partial charge in [0.15, 0.2) is 0 Å². The van der Waals surface area contributed by atoms with Gasteiger partial charge in [0, 0.05) is 32.0 Å². The number of rotatable bonds is 9. The van der Waals surface area contributed by atoms with E-state index in [9.17, 15) is 23.6 Å². The van der Waals surface area contributed by atoms with Crippen molar-refractivity contribution in [3.63, 3.8) is 0 Å². The molecule has 0 aliphatic carbocycles. The number of hydrogen-bond acceptors (Lipinski definition) is 8. The number of ether oxygens (including phenoxy) is 2. The largest absolute Gasteiger partial charge is 0.448 e. The van der Waals surface area contributed by atoms with Crippen molar-refractivity contribution in [1.82, 2.24) is 0 Å². The van der Waals surface area contributed by atoms with E-state index in [1.165, 1.54) is 12.1 Å². The molecule has 32 heavy (non-hydrogen) atoms. The van der Waals surface area contributed by atoms with Crippen LogP contribution in [-0.2, 0) is 38.4 Å². The summed E-state index contributed by atoms with van der Waals surface area (Å²) in [5.74, 6) is -4.63. The summed E-state index contributed by atoms with van der Waals surface area (Å²) < 4.78 is 23.6. The molecule has 0 N–H and O–H groups in total. The zero-order valence-electron chi connectivity index (χ0n) is 18.8. The molecular formula is C21H27ClFNO8. The van der Waals surface area contributed by atoms with E-state index >= 15 is 0 Å². The first kappa shape index (κ1) is 27.3. The first-order valence-corrected chi connectivity index (χ1v) is 10.2. The number of anilines is 1. The third-order valence-electron chi connectivity index (χ3n) is 3.73. The van der Waals surface area contributed by atoms with Gasteiger partial charge in [-0.25, -0.2) is 9.18 Å². The maximum Gasteiger partial charge on any atom is 0.387 e. The molecule has 0 radical (unpaired) electrons. The predicted octanol–water partition coefficient (Wildman–Crippen LogP) is 2.84. The van der Waals surface area contributed by atoms with Crippen molar-refractivity contribution in [2.45, 2.75) is 59.4 Å². The molecule has 1 aromatic carbocycles. The molecule has 1 aromatic rings. The normalized spacial score (nSPS) is 13.0. The molecule has 178 valence electrons. The second-order valence-electron chi connectivity index (χ2n) is 7.77. The lowest BCUT2D eigenvalue weighted by Crippen LogP contribution is -2.52. The van der Waals surface area contributed by atoms with Gasteiger partial charge >= 0.3 is 17.9 Å². The van der Waals surface area contributed by atoms with E-state index in [0.717, 1.165) is 24.8 Å². The van der Waals surface area contributed by atoms with E-state index in [4.69, 9.17) is 30.8 Å². The van der Waals surface area contributed by atoms with Crippen LogP contribution in [0.15, 0.2) is 18.2 Å². The maximum absolute atomic E-state index is 13.6. The lowest BCUT2D eigenvalue weighted by Gasteiger charge is -2.30. The van der Waals surface area contributed by atoms with Crippen molar-refractivity contribution < 1.29 is 42.8 Å². The number of hydrogen-bond donors (Lipinski definition) is 0. The van der Waals surface area contributed by atoms with Crippen molar-refractivity contribution in [1.29, 1.82) is 0 Å². The molecule has 0 saturated heterocycles. The fourth-order valence-electron chi connectivity index (χ4n) is 2.56. The zero-order valence-corrected chi connectivity index (χ0v) is 19.5. The molecule has 0 heterocycles. The van der Waals surface area contributed by atoms with Crippen molar-refractivity contribution in [2.75, 3.05) is 17.3 Å². The van der Waals surface area contributed by atoms with Crippen LogP contribution in [0.5, 0.6) is 0 Å². The van der Waals surface area contributed by atoms with E-state index in [0.29, 0.717) is 5.56 Å². The summed E-state index contributed by atoms with van der Waals surface area (Å²) in [5, 5.41) is 0. The fraction of sp³-hybridized carbons (Fsp3) is 0.524. The number of nitrogens with zero attached hydrogens (tertiary/aromatic N) is 1. The van der Waals surface area contributed by atoms with Crippen molar-refractivity contribution >= 4 is 41.1 Å². The lowest BCUT2D eigenvalue weighted by atomic mass is 10.1. The first-order chi connectivity index (χ1) is 14.8. The Morgan fingerprint density at radius 1 is 1.06 bits per heavy atom. The minimum absolute atomic E-state index is 0.0365. The fourth-order valence-corrected chi connectivity index (χ4v) is 2.72. The van der Waals surface area contributed by atoms with Crippen LogP contribution in [-0.4, -0.2) is 54.0 Å². The summed E-state index contributed by atoms with van der Waals surface area (Å²) >= 11 is 5.84. The molecule has 1 amide bonds. The van der Waals surface area contributed by atoms with E-state index in [1.807, 2.05) is 0 Å². The molecule has 0 aromatic heterocycles. The third kappa shape index (κ3) is 8.43. The number of aryl methyl sites for hydroxylation is 1. The standard InChI is InChI=1S/C21H27ClFNO8/c1-12-11-15(23)7-8-16(12)24(10-9-22)19(27)17(29-13(2)25)18(30-14(3)26)20(28)31-32-21(4,5)6/h7-8,11,17-18H,9-10H2,1-6H3/t17-,18-/m1/s1. The van der Waals surface area contributed by atoms with E-state index in [1.54, 1.807) is 27.7 Å². The predicted molar refractivity (Wildman–Crippen MR) is 112 cm³/mol. The van der Waals surface area contributed by atoms with Crippen LogP contribution in [0, 0.1) is 12.7 Å². The minimum atomic E-state index is -1.97. The van der Waals surface area contributed by atoms with Crippen molar-refractivity contribution in [3.05, 3.63) is 29.6 Å². The highest BCUT2D eigenvalue weighted by Gasteiger charge is 2.44. The summed E-state index contributed by atoms with van der Waals surface area (Å²) in [7, 11) is 0. The van der Waals surface area contributed by atoms with E-state index in [2.05, 4.69) is 0 Å². The summed E-state index contributed by atoms with van der Waals surface area (Å²) in [6.07, 6.45) is -3.88. The second-order valence-corrected chi connectivity index (χ2v) is 8.15. The molecule has 0 aliphatic rings. The Balaban J connectivity index is 3.42. The highest BCUT2D eigenvalue weighted by Crippen LogP contribution is 2.24. The van der Waals surface area contributed by atoms with Gasteiger partial charge in [0.25, 0.3) is 5.91 Å². The molecule has 0 unspecified atom stereocenters. The Morgan fingerprint density at radius 2 is 1.62 bits per heavy atom. The van der Waals surface area contributed by atoms with Crippen LogP contribution in [0.2, 0.25) is 0 Å². The lowest BCUT2D eigenvalue weighted by molar-refractivity contribution is -0.326. The Hall–Kier alpha value is -2.72. The number of carbonyl (C=O) groups is 4. The van der Waals surface area contributed by atoms with E-state index in [-0.39, 0.29) is 18.1 Å². The highest BCUT2D eigenvalue weighted by atomic mass is 35.5. The molecule has 0 aliphatic heterocycles. The number of carbonyl (C=O) groups excluding carboxylic acids is 4. The van der Waals surface area contributed by atoms with Crippen LogP contribution in [0.3, 0.4) is 0 Å².